The zero-order valence-corrected chi connectivity index (χ0v) is 13.3. The third-order valence-corrected chi connectivity index (χ3v) is 5.35. The van der Waals surface area contributed by atoms with Crippen LogP contribution in [0.2, 0.25) is 0 Å². The van der Waals surface area contributed by atoms with Crippen LogP contribution in [0.25, 0.3) is 0 Å². The molecule has 3 atom stereocenters. The highest BCUT2D eigenvalue weighted by Crippen LogP contribution is 2.40. The third kappa shape index (κ3) is 2.89. The number of fused-ring (bicyclic) bond motifs is 1. The fraction of sp³-hybridized carbons (Fsp3) is 0.667. The van der Waals surface area contributed by atoms with Gasteiger partial charge < -0.3 is 15.4 Å². The van der Waals surface area contributed by atoms with Gasteiger partial charge in [0, 0.05) is 30.4 Å². The first-order chi connectivity index (χ1) is 10.2. The molecule has 1 aliphatic heterocycles. The molecule has 2 N–H and O–H groups in total. The molecule has 3 heteroatoms. The minimum Gasteiger partial charge on any atom is -0.496 e. The van der Waals surface area contributed by atoms with E-state index in [9.17, 15) is 0 Å². The molecule has 0 bridgehead atoms. The Morgan fingerprint density at radius 1 is 1.19 bits per heavy atom. The number of hydrogen-bond donors (Lipinski definition) is 1. The van der Waals surface area contributed by atoms with Crippen molar-refractivity contribution in [1.82, 2.24) is 0 Å². The summed E-state index contributed by atoms with van der Waals surface area (Å²) in [5.41, 5.74) is 8.67. The molecule has 1 aromatic carbocycles. The molecule has 0 radical (unpaired) electrons. The van der Waals surface area contributed by atoms with Crippen LogP contribution in [0.4, 0.5) is 5.69 Å². The molecule has 2 aliphatic rings. The normalized spacial score (nSPS) is 27.1. The number of anilines is 1. The number of piperidine rings is 1. The number of rotatable bonds is 3. The molecule has 0 spiro atoms. The summed E-state index contributed by atoms with van der Waals surface area (Å²) < 4.78 is 5.54. The highest BCUT2D eigenvalue weighted by molar-refractivity contribution is 5.61. The van der Waals surface area contributed by atoms with E-state index in [0.29, 0.717) is 0 Å². The van der Waals surface area contributed by atoms with E-state index in [1.165, 1.54) is 44.3 Å². The van der Waals surface area contributed by atoms with Gasteiger partial charge in [-0.1, -0.05) is 25.3 Å². The standard InChI is InChI=1S/C18H28N2O/c1-13(19)18-16(8-5-9-17(18)21-2)20-11-10-14-6-3-4-7-15(14)12-20/h5,8-9,13-15H,3-4,6-7,10-12,19H2,1-2H3/t13-,14?,15?/m0/s1. The first-order valence-electron chi connectivity index (χ1n) is 8.38. The largest absolute Gasteiger partial charge is 0.496 e. The first-order valence-corrected chi connectivity index (χ1v) is 8.38. The van der Waals surface area contributed by atoms with Crippen LogP contribution in [0.3, 0.4) is 0 Å². The van der Waals surface area contributed by atoms with Gasteiger partial charge in [-0.2, -0.15) is 0 Å². The summed E-state index contributed by atoms with van der Waals surface area (Å²) in [6.45, 7) is 4.40. The van der Waals surface area contributed by atoms with E-state index >= 15 is 0 Å². The SMILES string of the molecule is COc1cccc(N2CCC3CCCCC3C2)c1[C@H](C)N. The average molecular weight is 288 g/mol. The van der Waals surface area contributed by atoms with Gasteiger partial charge in [-0.25, -0.2) is 0 Å². The van der Waals surface area contributed by atoms with Crippen molar-refractivity contribution in [2.75, 3.05) is 25.1 Å². The number of nitrogens with two attached hydrogens (primary N) is 1. The van der Waals surface area contributed by atoms with E-state index in [0.717, 1.165) is 29.7 Å². The second kappa shape index (κ2) is 6.27. The topological polar surface area (TPSA) is 38.5 Å². The van der Waals surface area contributed by atoms with E-state index in [1.54, 1.807) is 7.11 Å². The minimum absolute atomic E-state index is 0.000212. The summed E-state index contributed by atoms with van der Waals surface area (Å²) in [5, 5.41) is 0. The molecule has 0 amide bonds. The molecule has 21 heavy (non-hydrogen) atoms. The molecule has 1 aromatic rings. The van der Waals surface area contributed by atoms with Gasteiger partial charge in [0.25, 0.3) is 0 Å². The molecular formula is C18H28N2O. The Balaban J connectivity index is 1.86. The molecule has 1 heterocycles. The van der Waals surface area contributed by atoms with Crippen molar-refractivity contribution in [1.29, 1.82) is 0 Å². The van der Waals surface area contributed by atoms with Gasteiger partial charge in [-0.05, 0) is 43.7 Å². The van der Waals surface area contributed by atoms with Crippen molar-refractivity contribution in [2.45, 2.75) is 45.1 Å². The number of nitrogens with zero attached hydrogens (tertiary/aromatic N) is 1. The first kappa shape index (κ1) is 14.7. The summed E-state index contributed by atoms with van der Waals surface area (Å²) in [6.07, 6.45) is 7.02. The van der Waals surface area contributed by atoms with Crippen molar-refractivity contribution in [3.8, 4) is 5.75 Å². The van der Waals surface area contributed by atoms with Crippen LogP contribution in [0.1, 0.15) is 50.6 Å². The van der Waals surface area contributed by atoms with Gasteiger partial charge in [-0.15, -0.1) is 0 Å². The number of hydrogen-bond acceptors (Lipinski definition) is 3. The summed E-state index contributed by atoms with van der Waals surface area (Å²) in [6, 6.07) is 6.33. The van der Waals surface area contributed by atoms with Crippen LogP contribution in [-0.2, 0) is 0 Å². The van der Waals surface area contributed by atoms with Crippen molar-refractivity contribution >= 4 is 5.69 Å². The Hall–Kier alpha value is -1.22. The quantitative estimate of drug-likeness (QED) is 0.921. The van der Waals surface area contributed by atoms with Crippen molar-refractivity contribution in [2.24, 2.45) is 17.6 Å². The molecule has 116 valence electrons. The minimum atomic E-state index is 0.000212. The van der Waals surface area contributed by atoms with Crippen LogP contribution in [0.5, 0.6) is 5.75 Å². The van der Waals surface area contributed by atoms with Gasteiger partial charge in [0.15, 0.2) is 0 Å². The lowest BCUT2D eigenvalue weighted by Gasteiger charge is -2.43. The molecule has 1 saturated heterocycles. The Morgan fingerprint density at radius 2 is 1.95 bits per heavy atom. The van der Waals surface area contributed by atoms with Crippen molar-refractivity contribution < 1.29 is 4.74 Å². The van der Waals surface area contributed by atoms with E-state index in [-0.39, 0.29) is 6.04 Å². The van der Waals surface area contributed by atoms with Crippen LogP contribution in [-0.4, -0.2) is 20.2 Å². The highest BCUT2D eigenvalue weighted by Gasteiger charge is 2.32. The molecule has 3 nitrogen and oxygen atoms in total. The Morgan fingerprint density at radius 3 is 2.67 bits per heavy atom. The highest BCUT2D eigenvalue weighted by atomic mass is 16.5. The van der Waals surface area contributed by atoms with E-state index in [1.807, 2.05) is 6.07 Å². The van der Waals surface area contributed by atoms with Gasteiger partial charge in [-0.3, -0.25) is 0 Å². The van der Waals surface area contributed by atoms with Gasteiger partial charge in [0.05, 0.1) is 7.11 Å². The second-order valence-corrected chi connectivity index (χ2v) is 6.72. The lowest BCUT2D eigenvalue weighted by Crippen LogP contribution is -2.42. The lowest BCUT2D eigenvalue weighted by atomic mass is 9.75. The number of benzene rings is 1. The zero-order chi connectivity index (χ0) is 14.8. The maximum atomic E-state index is 6.22. The molecule has 0 aromatic heterocycles. The lowest BCUT2D eigenvalue weighted by molar-refractivity contribution is 0.202. The summed E-state index contributed by atoms with van der Waals surface area (Å²) >= 11 is 0. The van der Waals surface area contributed by atoms with Crippen LogP contribution >= 0.6 is 0 Å². The van der Waals surface area contributed by atoms with Gasteiger partial charge >= 0.3 is 0 Å². The van der Waals surface area contributed by atoms with Crippen LogP contribution in [0, 0.1) is 11.8 Å². The Bertz CT molecular complexity index is 486. The molecule has 2 fully saturated rings. The van der Waals surface area contributed by atoms with E-state index < -0.39 is 0 Å². The van der Waals surface area contributed by atoms with Crippen molar-refractivity contribution in [3.63, 3.8) is 0 Å². The van der Waals surface area contributed by atoms with Gasteiger partial charge in [0.2, 0.25) is 0 Å². The fourth-order valence-electron chi connectivity index (χ4n) is 4.26. The maximum Gasteiger partial charge on any atom is 0.125 e. The summed E-state index contributed by atoms with van der Waals surface area (Å²) in [7, 11) is 1.73. The molecule has 3 rings (SSSR count). The number of methoxy groups -OCH3 is 1. The Labute approximate surface area is 128 Å². The second-order valence-electron chi connectivity index (χ2n) is 6.72. The van der Waals surface area contributed by atoms with Crippen molar-refractivity contribution in [3.05, 3.63) is 23.8 Å². The predicted octanol–water partition coefficient (Wildman–Crippen LogP) is 3.73. The van der Waals surface area contributed by atoms with Crippen LogP contribution in [0.15, 0.2) is 18.2 Å². The third-order valence-electron chi connectivity index (χ3n) is 5.35. The Kier molecular flexibility index (Phi) is 4.39. The molecular weight excluding hydrogens is 260 g/mol. The van der Waals surface area contributed by atoms with E-state index in [4.69, 9.17) is 10.5 Å². The van der Waals surface area contributed by atoms with E-state index in [2.05, 4.69) is 24.0 Å². The number of ether oxygens (including phenoxy) is 1. The summed E-state index contributed by atoms with van der Waals surface area (Å²) in [4.78, 5) is 2.55. The zero-order valence-electron chi connectivity index (χ0n) is 13.3. The summed E-state index contributed by atoms with van der Waals surface area (Å²) in [5.74, 6) is 2.76. The maximum absolute atomic E-state index is 6.22. The monoisotopic (exact) mass is 288 g/mol. The molecule has 1 saturated carbocycles. The average Bonchev–Trinajstić information content (AvgIpc) is 2.53. The molecule has 1 aliphatic carbocycles. The van der Waals surface area contributed by atoms with Crippen LogP contribution < -0.4 is 15.4 Å². The predicted molar refractivity (Wildman–Crippen MR) is 87.9 cm³/mol. The fourth-order valence-corrected chi connectivity index (χ4v) is 4.26. The molecule has 2 unspecified atom stereocenters. The van der Waals surface area contributed by atoms with Gasteiger partial charge in [0.1, 0.15) is 5.75 Å². The smallest absolute Gasteiger partial charge is 0.125 e.